The van der Waals surface area contributed by atoms with Crippen molar-refractivity contribution >= 4 is 26.6 Å². The number of carbonyl (C=O) groups excluding carboxylic acids is 1. The average Bonchev–Trinajstić information content (AvgIpc) is 3.19. The molecule has 1 saturated heterocycles. The maximum atomic E-state index is 12.9. The van der Waals surface area contributed by atoms with Crippen LogP contribution in [0.3, 0.4) is 0 Å². The van der Waals surface area contributed by atoms with Crippen molar-refractivity contribution in [2.24, 2.45) is 4.99 Å². The lowest BCUT2D eigenvalue weighted by Crippen LogP contribution is -2.45. The fourth-order valence-corrected chi connectivity index (χ4v) is 4.75. The van der Waals surface area contributed by atoms with Gasteiger partial charge in [0.2, 0.25) is 0 Å². The minimum absolute atomic E-state index is 0.0489. The van der Waals surface area contributed by atoms with Crippen LogP contribution in [0.2, 0.25) is 18.1 Å². The van der Waals surface area contributed by atoms with Crippen LogP contribution in [0.25, 0.3) is 0 Å². The number of aromatic nitrogens is 2. The fourth-order valence-electron chi connectivity index (χ4n) is 3.49. The van der Waals surface area contributed by atoms with Gasteiger partial charge in [-0.1, -0.05) is 20.8 Å². The Hall–Kier alpha value is -1.79. The first-order valence-corrected chi connectivity index (χ1v) is 14.3. The van der Waals surface area contributed by atoms with E-state index in [1.807, 2.05) is 20.8 Å². The van der Waals surface area contributed by atoms with E-state index in [1.165, 1.54) is 11.2 Å². The zero-order chi connectivity index (χ0) is 24.8. The summed E-state index contributed by atoms with van der Waals surface area (Å²) in [5.74, 6) is 0.501. The van der Waals surface area contributed by atoms with Crippen LogP contribution in [0.1, 0.15) is 66.0 Å². The highest BCUT2D eigenvalue weighted by molar-refractivity contribution is 6.74. The summed E-state index contributed by atoms with van der Waals surface area (Å²) in [6.07, 6.45) is 0.335. The molecule has 1 amide bonds. The van der Waals surface area contributed by atoms with Gasteiger partial charge in [-0.25, -0.2) is 14.8 Å². The second kappa shape index (κ2) is 9.10. The van der Waals surface area contributed by atoms with Crippen molar-refractivity contribution in [2.75, 3.05) is 13.2 Å². The van der Waals surface area contributed by atoms with E-state index in [9.17, 15) is 15.0 Å². The number of rotatable bonds is 4. The zero-order valence-electron chi connectivity index (χ0n) is 20.9. The first-order valence-electron chi connectivity index (χ1n) is 11.4. The minimum atomic E-state index is -2.23. The van der Waals surface area contributed by atoms with Gasteiger partial charge < -0.3 is 24.1 Å². The lowest BCUT2D eigenvalue weighted by atomic mass is 10.2. The van der Waals surface area contributed by atoms with E-state index in [2.05, 4.69) is 43.8 Å². The topological polar surface area (TPSA) is 119 Å². The molecule has 1 aromatic rings. The summed E-state index contributed by atoms with van der Waals surface area (Å²) in [5, 5.41) is 19.6. The van der Waals surface area contributed by atoms with Gasteiger partial charge in [-0.05, 0) is 38.9 Å². The predicted octanol–water partition coefficient (Wildman–Crippen LogP) is 3.50. The van der Waals surface area contributed by atoms with Gasteiger partial charge in [0, 0.05) is 6.42 Å². The molecule has 0 bridgehead atoms. The second-order valence-electron chi connectivity index (χ2n) is 11.2. The second-order valence-corrected chi connectivity index (χ2v) is 16.0. The normalized spacial score (nSPS) is 26.3. The van der Waals surface area contributed by atoms with Gasteiger partial charge in [0.1, 0.15) is 36.1 Å². The van der Waals surface area contributed by atoms with Gasteiger partial charge in [0.15, 0.2) is 14.1 Å². The number of imidazole rings is 1. The molecule has 11 heteroatoms. The predicted molar refractivity (Wildman–Crippen MR) is 126 cm³/mol. The smallest absolute Gasteiger partial charge is 0.415 e. The summed E-state index contributed by atoms with van der Waals surface area (Å²) >= 11 is 0. The van der Waals surface area contributed by atoms with E-state index in [4.69, 9.17) is 13.9 Å². The molecular formula is C22H38N4O6Si. The lowest BCUT2D eigenvalue weighted by Gasteiger charge is -2.39. The van der Waals surface area contributed by atoms with Gasteiger partial charge in [0.25, 0.3) is 0 Å². The molecule has 0 aliphatic carbocycles. The average molecular weight is 483 g/mol. The monoisotopic (exact) mass is 482 g/mol. The van der Waals surface area contributed by atoms with Crippen molar-refractivity contribution in [3.8, 4) is 0 Å². The molecule has 186 valence electrons. The molecule has 2 N–H and O–H groups in total. The highest BCUT2D eigenvalue weighted by atomic mass is 28.4. The standard InChI is InChI=1S/C22H38N4O6Si/c1-21(2,3)31-20(29)25-10-15(32-33(7,8)22(4,5)6)18-19(24-12-25)26(13-23-18)17-9-14(28)16(11-27)30-17/h12-17,27-28H,9-11H2,1-8H3/t14-,15?,16-,17-/m1/s1. The van der Waals surface area contributed by atoms with E-state index >= 15 is 0 Å². The number of aliphatic imine (C=N–C) groups is 1. The number of fused-ring (bicyclic) bond motifs is 1. The molecule has 0 aromatic carbocycles. The molecule has 3 heterocycles. The van der Waals surface area contributed by atoms with E-state index in [1.54, 1.807) is 10.9 Å². The summed E-state index contributed by atoms with van der Waals surface area (Å²) in [6.45, 7) is 16.1. The number of aliphatic hydroxyl groups excluding tert-OH is 2. The number of ether oxygens (including phenoxy) is 2. The number of carbonyl (C=O) groups is 1. The number of hydrogen-bond acceptors (Lipinski definition) is 8. The number of amides is 1. The van der Waals surface area contributed by atoms with Crippen LogP contribution in [0.4, 0.5) is 10.6 Å². The SMILES string of the molecule is CC(C)(C)OC(=O)N1C=Nc2c(ncn2[C@H]2C[C@@H](O)[C@@H](CO)O2)C(O[Si](C)(C)C(C)(C)C)C1. The molecule has 2 aliphatic heterocycles. The highest BCUT2D eigenvalue weighted by Gasteiger charge is 2.43. The molecule has 3 rings (SSSR count). The van der Waals surface area contributed by atoms with Crippen molar-refractivity contribution < 1.29 is 28.9 Å². The van der Waals surface area contributed by atoms with Crippen LogP contribution < -0.4 is 0 Å². The van der Waals surface area contributed by atoms with E-state index < -0.39 is 44.6 Å². The Morgan fingerprint density at radius 2 is 1.94 bits per heavy atom. The van der Waals surface area contributed by atoms with Crippen molar-refractivity contribution in [1.29, 1.82) is 0 Å². The first kappa shape index (κ1) is 25.8. The number of hydrogen-bond donors (Lipinski definition) is 2. The van der Waals surface area contributed by atoms with Crippen LogP contribution in [0, 0.1) is 0 Å². The Balaban J connectivity index is 1.98. The third-order valence-corrected chi connectivity index (χ3v) is 10.8. The molecule has 10 nitrogen and oxygen atoms in total. The molecule has 1 fully saturated rings. The summed E-state index contributed by atoms with van der Waals surface area (Å²) in [7, 11) is -2.23. The molecule has 33 heavy (non-hydrogen) atoms. The van der Waals surface area contributed by atoms with Gasteiger partial charge in [0.05, 0.1) is 25.6 Å². The molecule has 1 unspecified atom stereocenters. The first-order chi connectivity index (χ1) is 15.1. The Morgan fingerprint density at radius 3 is 2.48 bits per heavy atom. The Bertz CT molecular complexity index is 888. The molecule has 1 aromatic heterocycles. The van der Waals surface area contributed by atoms with E-state index in [0.717, 1.165) is 0 Å². The summed E-state index contributed by atoms with van der Waals surface area (Å²) < 4.78 is 19.8. The number of nitrogens with zero attached hydrogens (tertiary/aromatic N) is 4. The molecule has 2 aliphatic rings. The zero-order valence-corrected chi connectivity index (χ0v) is 21.9. The Kier molecular flexibility index (Phi) is 7.12. The van der Waals surface area contributed by atoms with Gasteiger partial charge in [-0.2, -0.15) is 0 Å². The van der Waals surface area contributed by atoms with Crippen LogP contribution >= 0.6 is 0 Å². The Morgan fingerprint density at radius 1 is 1.27 bits per heavy atom. The van der Waals surface area contributed by atoms with Crippen molar-refractivity contribution in [1.82, 2.24) is 14.5 Å². The maximum absolute atomic E-state index is 12.9. The Labute approximate surface area is 196 Å². The van der Waals surface area contributed by atoms with Crippen molar-refractivity contribution in [2.45, 2.75) is 96.2 Å². The largest absolute Gasteiger partial charge is 0.443 e. The van der Waals surface area contributed by atoms with Crippen LogP contribution in [-0.4, -0.2) is 76.4 Å². The molecule has 0 saturated carbocycles. The van der Waals surface area contributed by atoms with Crippen LogP contribution in [0.15, 0.2) is 11.3 Å². The van der Waals surface area contributed by atoms with Gasteiger partial charge >= 0.3 is 6.09 Å². The summed E-state index contributed by atoms with van der Waals surface area (Å²) in [6, 6.07) is 0. The molecule has 0 radical (unpaired) electrons. The molecule has 4 atom stereocenters. The van der Waals surface area contributed by atoms with E-state index in [-0.39, 0.29) is 18.2 Å². The van der Waals surface area contributed by atoms with Crippen molar-refractivity contribution in [3.63, 3.8) is 0 Å². The molecular weight excluding hydrogens is 444 g/mol. The van der Waals surface area contributed by atoms with Crippen LogP contribution in [0.5, 0.6) is 0 Å². The molecule has 0 spiro atoms. The van der Waals surface area contributed by atoms with E-state index in [0.29, 0.717) is 17.9 Å². The third kappa shape index (κ3) is 5.65. The van der Waals surface area contributed by atoms with Gasteiger partial charge in [-0.15, -0.1) is 0 Å². The fraction of sp³-hybridized carbons (Fsp3) is 0.773. The third-order valence-electron chi connectivity index (χ3n) is 6.35. The maximum Gasteiger partial charge on any atom is 0.415 e. The minimum Gasteiger partial charge on any atom is -0.443 e. The van der Waals surface area contributed by atoms with Gasteiger partial charge in [-0.3, -0.25) is 9.47 Å². The van der Waals surface area contributed by atoms with Crippen molar-refractivity contribution in [3.05, 3.63) is 12.0 Å². The quantitative estimate of drug-likeness (QED) is 0.631. The summed E-state index contributed by atoms with van der Waals surface area (Å²) in [5.41, 5.74) is -0.0480. The number of aliphatic hydroxyl groups is 2. The lowest BCUT2D eigenvalue weighted by molar-refractivity contribution is -0.0438. The van der Waals surface area contributed by atoms with Crippen LogP contribution in [-0.2, 0) is 13.9 Å². The summed E-state index contributed by atoms with van der Waals surface area (Å²) in [4.78, 5) is 23.4. The highest BCUT2D eigenvalue weighted by Crippen LogP contribution is 2.43.